The SMILES string of the molecule is COCCN(Cc1nnc(-c2cccs2)o1)[C@H](C)C(=O)Nc1ccc(Cl)cc1. The zero-order chi connectivity index (χ0) is 19.9. The Kier molecular flexibility index (Phi) is 7.16. The second-order valence-corrected chi connectivity index (χ2v) is 7.50. The van der Waals surface area contributed by atoms with Crippen molar-refractivity contribution in [3.63, 3.8) is 0 Å². The van der Waals surface area contributed by atoms with Crippen LogP contribution in [0.5, 0.6) is 0 Å². The van der Waals surface area contributed by atoms with Gasteiger partial charge >= 0.3 is 0 Å². The lowest BCUT2D eigenvalue weighted by Gasteiger charge is -2.26. The number of hydrogen-bond donors (Lipinski definition) is 1. The summed E-state index contributed by atoms with van der Waals surface area (Å²) >= 11 is 7.42. The van der Waals surface area contributed by atoms with E-state index in [9.17, 15) is 4.79 Å². The van der Waals surface area contributed by atoms with Crippen LogP contribution in [0.25, 0.3) is 10.8 Å². The van der Waals surface area contributed by atoms with Crippen LogP contribution in [-0.4, -0.2) is 47.3 Å². The Balaban J connectivity index is 1.68. The van der Waals surface area contributed by atoms with Crippen molar-refractivity contribution in [1.29, 1.82) is 0 Å². The fraction of sp³-hybridized carbons (Fsp3) is 0.316. The number of carbonyl (C=O) groups excluding carboxylic acids is 1. The molecular formula is C19H21ClN4O3S. The number of benzene rings is 1. The standard InChI is InChI=1S/C19H21ClN4O3S/c1-13(18(25)21-15-7-5-14(20)6-8-15)24(9-10-26-2)12-17-22-23-19(27-17)16-4-3-11-28-16/h3-8,11,13H,9-10,12H2,1-2H3,(H,21,25)/t13-/m1/s1. The van der Waals surface area contributed by atoms with E-state index in [0.29, 0.717) is 42.2 Å². The number of ether oxygens (including phenoxy) is 1. The summed E-state index contributed by atoms with van der Waals surface area (Å²) in [7, 11) is 1.62. The van der Waals surface area contributed by atoms with Crippen LogP contribution in [0.15, 0.2) is 46.2 Å². The van der Waals surface area contributed by atoms with Gasteiger partial charge in [0, 0.05) is 24.4 Å². The number of hydrogen-bond acceptors (Lipinski definition) is 7. The van der Waals surface area contributed by atoms with E-state index >= 15 is 0 Å². The highest BCUT2D eigenvalue weighted by Gasteiger charge is 2.24. The lowest BCUT2D eigenvalue weighted by Crippen LogP contribution is -2.43. The molecule has 1 N–H and O–H groups in total. The Bertz CT molecular complexity index is 883. The summed E-state index contributed by atoms with van der Waals surface area (Å²) in [6, 6.07) is 10.4. The van der Waals surface area contributed by atoms with E-state index in [2.05, 4.69) is 15.5 Å². The van der Waals surface area contributed by atoms with E-state index in [0.717, 1.165) is 4.88 Å². The number of rotatable bonds is 9. The molecule has 0 unspecified atom stereocenters. The van der Waals surface area contributed by atoms with Gasteiger partial charge in [-0.1, -0.05) is 17.7 Å². The van der Waals surface area contributed by atoms with Gasteiger partial charge in [0.1, 0.15) is 0 Å². The minimum atomic E-state index is -0.428. The molecule has 3 rings (SSSR count). The van der Waals surface area contributed by atoms with Gasteiger partial charge in [0.2, 0.25) is 11.8 Å². The predicted molar refractivity (Wildman–Crippen MR) is 109 cm³/mol. The average molecular weight is 421 g/mol. The molecule has 1 amide bonds. The van der Waals surface area contributed by atoms with Crippen molar-refractivity contribution in [1.82, 2.24) is 15.1 Å². The second-order valence-electron chi connectivity index (χ2n) is 6.11. The van der Waals surface area contributed by atoms with Crippen LogP contribution in [0.2, 0.25) is 5.02 Å². The van der Waals surface area contributed by atoms with Crippen LogP contribution in [0.3, 0.4) is 0 Å². The van der Waals surface area contributed by atoms with Crippen molar-refractivity contribution in [2.75, 3.05) is 25.6 Å². The first-order chi connectivity index (χ1) is 13.6. The van der Waals surface area contributed by atoms with E-state index < -0.39 is 6.04 Å². The van der Waals surface area contributed by atoms with Gasteiger partial charge in [-0.3, -0.25) is 9.69 Å². The Morgan fingerprint density at radius 2 is 2.11 bits per heavy atom. The van der Waals surface area contributed by atoms with Crippen molar-refractivity contribution in [3.05, 3.63) is 52.7 Å². The molecule has 0 spiro atoms. The molecular weight excluding hydrogens is 400 g/mol. The smallest absolute Gasteiger partial charge is 0.257 e. The van der Waals surface area contributed by atoms with Gasteiger partial charge in [-0.25, -0.2) is 0 Å². The summed E-state index contributed by atoms with van der Waals surface area (Å²) < 4.78 is 10.9. The molecule has 2 aromatic heterocycles. The third kappa shape index (κ3) is 5.39. The molecule has 0 bridgehead atoms. The zero-order valence-electron chi connectivity index (χ0n) is 15.6. The number of halogens is 1. The van der Waals surface area contributed by atoms with Crippen LogP contribution in [-0.2, 0) is 16.1 Å². The van der Waals surface area contributed by atoms with Crippen LogP contribution in [0, 0.1) is 0 Å². The number of anilines is 1. The Hall–Kier alpha value is -2.26. The first-order valence-corrected chi connectivity index (χ1v) is 9.98. The molecule has 0 aliphatic rings. The molecule has 148 valence electrons. The molecule has 0 aliphatic heterocycles. The highest BCUT2D eigenvalue weighted by Crippen LogP contribution is 2.23. The number of methoxy groups -OCH3 is 1. The first kappa shape index (κ1) is 20.5. The summed E-state index contributed by atoms with van der Waals surface area (Å²) in [6.45, 7) is 3.20. The molecule has 0 aliphatic carbocycles. The second kappa shape index (κ2) is 9.79. The van der Waals surface area contributed by atoms with Crippen LogP contribution < -0.4 is 5.32 Å². The van der Waals surface area contributed by atoms with Gasteiger partial charge in [0.05, 0.1) is 24.1 Å². The molecule has 0 saturated carbocycles. The molecule has 0 radical (unpaired) electrons. The van der Waals surface area contributed by atoms with Crippen molar-refractivity contribution in [2.24, 2.45) is 0 Å². The van der Waals surface area contributed by atoms with E-state index in [1.54, 1.807) is 31.4 Å². The van der Waals surface area contributed by atoms with E-state index in [-0.39, 0.29) is 5.91 Å². The van der Waals surface area contributed by atoms with Gasteiger partial charge in [-0.15, -0.1) is 21.5 Å². The van der Waals surface area contributed by atoms with Gasteiger partial charge in [-0.05, 0) is 42.6 Å². The Morgan fingerprint density at radius 3 is 2.79 bits per heavy atom. The number of nitrogens with zero attached hydrogens (tertiary/aromatic N) is 3. The molecule has 28 heavy (non-hydrogen) atoms. The van der Waals surface area contributed by atoms with Gasteiger partial charge in [0.25, 0.3) is 5.89 Å². The minimum Gasteiger partial charge on any atom is -0.419 e. The summed E-state index contributed by atoms with van der Waals surface area (Å²) in [5.41, 5.74) is 0.686. The number of amides is 1. The molecule has 2 heterocycles. The van der Waals surface area contributed by atoms with Crippen LogP contribution in [0.4, 0.5) is 5.69 Å². The number of nitrogens with one attached hydrogen (secondary N) is 1. The molecule has 1 aromatic carbocycles. The molecule has 0 fully saturated rings. The maximum Gasteiger partial charge on any atom is 0.257 e. The summed E-state index contributed by atoms with van der Waals surface area (Å²) in [5, 5.41) is 13.7. The molecule has 7 nitrogen and oxygen atoms in total. The Labute approximate surface area is 172 Å². The first-order valence-electron chi connectivity index (χ1n) is 8.72. The fourth-order valence-corrected chi connectivity index (χ4v) is 3.33. The fourth-order valence-electron chi connectivity index (χ4n) is 2.55. The van der Waals surface area contributed by atoms with E-state index in [1.165, 1.54) is 11.3 Å². The highest BCUT2D eigenvalue weighted by atomic mass is 35.5. The lowest BCUT2D eigenvalue weighted by atomic mass is 10.2. The van der Waals surface area contributed by atoms with E-state index in [4.69, 9.17) is 20.8 Å². The Morgan fingerprint density at radius 1 is 1.32 bits per heavy atom. The summed E-state index contributed by atoms with van der Waals surface area (Å²) in [5.74, 6) is 0.789. The third-order valence-electron chi connectivity index (χ3n) is 4.16. The van der Waals surface area contributed by atoms with E-state index in [1.807, 2.05) is 29.3 Å². The molecule has 9 heteroatoms. The quantitative estimate of drug-likeness (QED) is 0.565. The predicted octanol–water partition coefficient (Wildman–Crippen LogP) is 3.93. The number of aromatic nitrogens is 2. The average Bonchev–Trinajstić information content (AvgIpc) is 3.38. The summed E-state index contributed by atoms with van der Waals surface area (Å²) in [4.78, 5) is 15.5. The lowest BCUT2D eigenvalue weighted by molar-refractivity contribution is -0.121. The van der Waals surface area contributed by atoms with Crippen LogP contribution >= 0.6 is 22.9 Å². The monoisotopic (exact) mass is 420 g/mol. The molecule has 1 atom stereocenters. The maximum absolute atomic E-state index is 12.7. The number of carbonyl (C=O) groups is 1. The van der Waals surface area contributed by atoms with Gasteiger partial charge in [0.15, 0.2) is 0 Å². The highest BCUT2D eigenvalue weighted by molar-refractivity contribution is 7.13. The normalized spacial score (nSPS) is 12.3. The zero-order valence-corrected chi connectivity index (χ0v) is 17.2. The van der Waals surface area contributed by atoms with Crippen LogP contribution in [0.1, 0.15) is 12.8 Å². The minimum absolute atomic E-state index is 0.142. The number of thiophene rings is 1. The third-order valence-corrected chi connectivity index (χ3v) is 5.27. The van der Waals surface area contributed by atoms with Crippen molar-refractivity contribution >= 4 is 34.5 Å². The topological polar surface area (TPSA) is 80.5 Å². The van der Waals surface area contributed by atoms with Gasteiger partial charge in [-0.2, -0.15) is 0 Å². The van der Waals surface area contributed by atoms with Crippen molar-refractivity contribution in [2.45, 2.75) is 19.5 Å². The maximum atomic E-state index is 12.7. The largest absolute Gasteiger partial charge is 0.419 e. The molecule has 3 aromatic rings. The van der Waals surface area contributed by atoms with Crippen molar-refractivity contribution < 1.29 is 13.9 Å². The van der Waals surface area contributed by atoms with Crippen molar-refractivity contribution in [3.8, 4) is 10.8 Å². The summed E-state index contributed by atoms with van der Waals surface area (Å²) in [6.07, 6.45) is 0. The van der Waals surface area contributed by atoms with Gasteiger partial charge < -0.3 is 14.5 Å². The molecule has 0 saturated heterocycles.